The quantitative estimate of drug-likeness (QED) is 0.855. The average Bonchev–Trinajstić information content (AvgIpc) is 2.83. The Morgan fingerprint density at radius 2 is 1.84 bits per heavy atom. The van der Waals surface area contributed by atoms with Crippen LogP contribution in [-0.2, 0) is 23.1 Å². The molecule has 2 heterocycles. The Hall–Kier alpha value is -1.43. The fraction of sp³-hybridized carbons (Fsp3) is 0.154. The molecule has 4 nitrogen and oxygen atoms in total. The molecule has 0 radical (unpaired) electrons. The van der Waals surface area contributed by atoms with Gasteiger partial charge in [-0.25, -0.2) is 8.42 Å². The van der Waals surface area contributed by atoms with E-state index in [0.29, 0.717) is 18.1 Å². The van der Waals surface area contributed by atoms with E-state index in [0.717, 1.165) is 11.3 Å². The molecule has 1 aromatic heterocycles. The van der Waals surface area contributed by atoms with Gasteiger partial charge >= 0.3 is 0 Å². The average molecular weight is 295 g/mol. The first kappa shape index (κ1) is 12.6. The maximum Gasteiger partial charge on any atom is 0.243 e. The number of hydrogen-bond donors (Lipinski definition) is 0. The second kappa shape index (κ2) is 4.59. The summed E-state index contributed by atoms with van der Waals surface area (Å²) in [6.07, 6.45) is 1.68. The summed E-state index contributed by atoms with van der Waals surface area (Å²) < 4.78 is 26.4. The third-order valence-corrected chi connectivity index (χ3v) is 5.17. The molecule has 0 amide bonds. The molecule has 0 saturated heterocycles. The molecule has 0 spiro atoms. The minimum absolute atomic E-state index is 0.254. The first-order chi connectivity index (χ1) is 9.07. The van der Waals surface area contributed by atoms with Gasteiger partial charge in [-0.15, -0.1) is 0 Å². The summed E-state index contributed by atoms with van der Waals surface area (Å²) in [4.78, 5) is 4.46. The van der Waals surface area contributed by atoms with Crippen molar-refractivity contribution < 1.29 is 8.42 Å². The van der Waals surface area contributed by atoms with Crippen LogP contribution in [0.4, 0.5) is 0 Å². The highest BCUT2D eigenvalue weighted by molar-refractivity contribution is 7.89. The van der Waals surface area contributed by atoms with Gasteiger partial charge in [-0.1, -0.05) is 17.7 Å². The summed E-state index contributed by atoms with van der Waals surface area (Å²) in [6, 6.07) is 9.92. The molecule has 6 heteroatoms. The van der Waals surface area contributed by atoms with Gasteiger partial charge in [0, 0.05) is 17.8 Å². The van der Waals surface area contributed by atoms with Crippen LogP contribution in [0.25, 0.3) is 0 Å². The van der Waals surface area contributed by atoms with E-state index in [1.165, 1.54) is 16.4 Å². The lowest BCUT2D eigenvalue weighted by Crippen LogP contribution is -2.25. The number of hydrogen-bond acceptors (Lipinski definition) is 3. The van der Waals surface area contributed by atoms with Gasteiger partial charge in [0.05, 0.1) is 17.1 Å². The molecule has 0 N–H and O–H groups in total. The minimum atomic E-state index is -3.49. The van der Waals surface area contributed by atoms with Crippen molar-refractivity contribution in [1.82, 2.24) is 9.29 Å². The van der Waals surface area contributed by atoms with Crippen LogP contribution in [0.1, 0.15) is 11.3 Å². The molecule has 1 aromatic carbocycles. The van der Waals surface area contributed by atoms with Crippen molar-refractivity contribution in [2.24, 2.45) is 0 Å². The Kier molecular flexibility index (Phi) is 3.05. The summed E-state index contributed by atoms with van der Waals surface area (Å²) in [5, 5.41) is 0.519. The van der Waals surface area contributed by atoms with Gasteiger partial charge in [0.1, 0.15) is 0 Å². The second-order valence-electron chi connectivity index (χ2n) is 4.34. The molecular weight excluding hydrogens is 284 g/mol. The smallest absolute Gasteiger partial charge is 0.243 e. The van der Waals surface area contributed by atoms with Crippen molar-refractivity contribution >= 4 is 21.6 Å². The van der Waals surface area contributed by atoms with Crippen LogP contribution in [0.3, 0.4) is 0 Å². The van der Waals surface area contributed by atoms with Gasteiger partial charge < -0.3 is 0 Å². The van der Waals surface area contributed by atoms with Crippen molar-refractivity contribution in [1.29, 1.82) is 0 Å². The van der Waals surface area contributed by atoms with E-state index in [4.69, 9.17) is 11.6 Å². The van der Waals surface area contributed by atoms with Crippen molar-refractivity contribution in [3.05, 3.63) is 58.9 Å². The van der Waals surface area contributed by atoms with Gasteiger partial charge in [0.25, 0.3) is 0 Å². The maximum atomic E-state index is 12.5. The van der Waals surface area contributed by atoms with Crippen molar-refractivity contribution in [3.8, 4) is 0 Å². The standard InChI is InChI=1S/C13H11ClN2O2S/c14-11-3-5-12(6-4-11)19(17,18)16-8-10-2-1-7-15-13(10)9-16/h1-7H,8-9H2. The Labute approximate surface area is 116 Å². The fourth-order valence-electron chi connectivity index (χ4n) is 2.10. The van der Waals surface area contributed by atoms with E-state index >= 15 is 0 Å². The fourth-order valence-corrected chi connectivity index (χ4v) is 3.60. The van der Waals surface area contributed by atoms with Crippen LogP contribution in [0.15, 0.2) is 47.5 Å². The summed E-state index contributed by atoms with van der Waals surface area (Å²) in [7, 11) is -3.49. The topological polar surface area (TPSA) is 50.3 Å². The van der Waals surface area contributed by atoms with Crippen LogP contribution >= 0.6 is 11.6 Å². The molecule has 3 rings (SSSR count). The van der Waals surface area contributed by atoms with E-state index in [9.17, 15) is 8.42 Å². The van der Waals surface area contributed by atoms with Gasteiger partial charge in [0.2, 0.25) is 10.0 Å². The van der Waals surface area contributed by atoms with Crippen molar-refractivity contribution in [3.63, 3.8) is 0 Å². The number of sulfonamides is 1. The lowest BCUT2D eigenvalue weighted by atomic mass is 10.2. The first-order valence-corrected chi connectivity index (χ1v) is 7.58. The van der Waals surface area contributed by atoms with Gasteiger partial charge in [0.15, 0.2) is 0 Å². The Morgan fingerprint density at radius 1 is 1.11 bits per heavy atom. The zero-order valence-corrected chi connectivity index (χ0v) is 11.5. The van der Waals surface area contributed by atoms with Crippen LogP contribution in [0.5, 0.6) is 0 Å². The second-order valence-corrected chi connectivity index (χ2v) is 6.71. The van der Waals surface area contributed by atoms with Crippen LogP contribution in [-0.4, -0.2) is 17.7 Å². The number of pyridine rings is 1. The van der Waals surface area contributed by atoms with Crippen molar-refractivity contribution in [2.45, 2.75) is 18.0 Å². The monoisotopic (exact) mass is 294 g/mol. The summed E-state index contributed by atoms with van der Waals surface area (Å²) in [6.45, 7) is 0.690. The predicted molar refractivity (Wildman–Crippen MR) is 72.1 cm³/mol. The molecule has 0 unspecified atom stereocenters. The zero-order chi connectivity index (χ0) is 13.5. The number of rotatable bonds is 2. The Bertz CT molecular complexity index is 689. The third-order valence-electron chi connectivity index (χ3n) is 3.11. The molecule has 0 saturated carbocycles. The normalized spacial score (nSPS) is 15.4. The Balaban J connectivity index is 1.94. The van der Waals surface area contributed by atoms with Crippen LogP contribution in [0, 0.1) is 0 Å². The highest BCUT2D eigenvalue weighted by Gasteiger charge is 2.30. The largest absolute Gasteiger partial charge is 0.260 e. The number of halogens is 1. The van der Waals surface area contributed by atoms with Crippen molar-refractivity contribution in [2.75, 3.05) is 0 Å². The number of nitrogens with zero attached hydrogens (tertiary/aromatic N) is 2. The maximum absolute atomic E-state index is 12.5. The Morgan fingerprint density at radius 3 is 2.53 bits per heavy atom. The van der Waals surface area contributed by atoms with E-state index in [1.54, 1.807) is 18.3 Å². The molecule has 1 aliphatic rings. The number of fused-ring (bicyclic) bond motifs is 1. The van der Waals surface area contributed by atoms with E-state index in [1.807, 2.05) is 12.1 Å². The number of benzene rings is 1. The summed E-state index contributed by atoms with van der Waals surface area (Å²) >= 11 is 5.78. The summed E-state index contributed by atoms with van der Waals surface area (Å²) in [5.74, 6) is 0. The van der Waals surface area contributed by atoms with Gasteiger partial charge in [-0.2, -0.15) is 4.31 Å². The molecule has 98 valence electrons. The molecule has 2 aromatic rings. The molecular formula is C13H11ClN2O2S. The summed E-state index contributed by atoms with van der Waals surface area (Å²) in [5.41, 5.74) is 1.78. The number of aromatic nitrogens is 1. The van der Waals surface area contributed by atoms with Gasteiger partial charge in [-0.05, 0) is 35.9 Å². The lowest BCUT2D eigenvalue weighted by molar-refractivity contribution is 0.430. The zero-order valence-electron chi connectivity index (χ0n) is 9.95. The van der Waals surface area contributed by atoms with E-state index < -0.39 is 10.0 Å². The van der Waals surface area contributed by atoms with E-state index in [-0.39, 0.29) is 4.90 Å². The van der Waals surface area contributed by atoms with Gasteiger partial charge in [-0.3, -0.25) is 4.98 Å². The minimum Gasteiger partial charge on any atom is -0.260 e. The molecule has 0 aliphatic carbocycles. The first-order valence-electron chi connectivity index (χ1n) is 5.76. The van der Waals surface area contributed by atoms with Crippen LogP contribution < -0.4 is 0 Å². The molecule has 19 heavy (non-hydrogen) atoms. The predicted octanol–water partition coefficient (Wildman–Crippen LogP) is 2.44. The van der Waals surface area contributed by atoms with E-state index in [2.05, 4.69) is 4.98 Å². The molecule has 1 aliphatic heterocycles. The van der Waals surface area contributed by atoms with Crippen LogP contribution in [0.2, 0.25) is 5.02 Å². The third kappa shape index (κ3) is 2.25. The molecule has 0 fully saturated rings. The lowest BCUT2D eigenvalue weighted by Gasteiger charge is -2.15. The SMILES string of the molecule is O=S(=O)(c1ccc(Cl)cc1)N1Cc2cccnc2C1. The molecule has 0 atom stereocenters. The molecule has 0 bridgehead atoms. The highest BCUT2D eigenvalue weighted by Crippen LogP contribution is 2.27. The highest BCUT2D eigenvalue weighted by atomic mass is 35.5.